The van der Waals surface area contributed by atoms with E-state index in [9.17, 15) is 14.4 Å². The minimum Gasteiger partial charge on any atom is -0.450 e. The lowest BCUT2D eigenvalue weighted by Crippen LogP contribution is -2.13. The van der Waals surface area contributed by atoms with Crippen LogP contribution in [0.1, 0.15) is 36.5 Å². The summed E-state index contributed by atoms with van der Waals surface area (Å²) < 4.78 is 4.90. The fourth-order valence-corrected chi connectivity index (χ4v) is 3.12. The van der Waals surface area contributed by atoms with Gasteiger partial charge in [-0.25, -0.2) is 10.2 Å². The molecule has 0 bridgehead atoms. The van der Waals surface area contributed by atoms with Crippen molar-refractivity contribution >= 4 is 30.3 Å². The van der Waals surface area contributed by atoms with Gasteiger partial charge in [-0.1, -0.05) is 42.5 Å². The second-order valence-electron chi connectivity index (χ2n) is 7.12. The van der Waals surface area contributed by atoms with Crippen LogP contribution in [0.5, 0.6) is 0 Å². The maximum absolute atomic E-state index is 11.6. The Kier molecular flexibility index (Phi) is 11.5. The Morgan fingerprint density at radius 1 is 1.03 bits per heavy atom. The molecule has 0 unspecified atom stereocenters. The van der Waals surface area contributed by atoms with Gasteiger partial charge in [-0.2, -0.15) is 5.10 Å². The van der Waals surface area contributed by atoms with E-state index in [1.54, 1.807) is 13.0 Å². The van der Waals surface area contributed by atoms with Crippen molar-refractivity contribution in [2.24, 2.45) is 5.10 Å². The number of anilines is 1. The highest BCUT2D eigenvalue weighted by Gasteiger charge is 2.04. The number of carbonyl (C=O) groups is 3. The van der Waals surface area contributed by atoms with Crippen molar-refractivity contribution in [1.29, 1.82) is 0 Å². The van der Waals surface area contributed by atoms with Crippen LogP contribution in [0, 0.1) is 0 Å². The summed E-state index contributed by atoms with van der Waals surface area (Å²) >= 11 is 0. The predicted molar refractivity (Wildman–Crippen MR) is 129 cm³/mol. The third kappa shape index (κ3) is 9.82. The standard InChI is InChI=1S/C25H30N4O4/c1-2-33-25(32)28-23-10-5-8-21(17-23)9-6-11-24(29-27-19-31)22-14-12-20(13-15-22)7-3-4-16-26-18-30/h5-6,8,10-15,17-19H,2-4,7,9,16H2,1H3,(H,26,30)(H,27,31)(H,28,32)/b11-6-,29-24+. The number of benzene rings is 2. The van der Waals surface area contributed by atoms with Crippen LogP contribution in [0.25, 0.3) is 0 Å². The summed E-state index contributed by atoms with van der Waals surface area (Å²) in [5, 5.41) is 9.50. The van der Waals surface area contributed by atoms with Gasteiger partial charge in [0.2, 0.25) is 12.8 Å². The number of amides is 3. The molecule has 8 nitrogen and oxygen atoms in total. The molecule has 0 aromatic heterocycles. The van der Waals surface area contributed by atoms with Crippen LogP contribution in [-0.2, 0) is 27.2 Å². The highest BCUT2D eigenvalue weighted by molar-refractivity contribution is 6.08. The lowest BCUT2D eigenvalue weighted by molar-refractivity contribution is -0.110. The molecule has 2 rings (SSSR count). The summed E-state index contributed by atoms with van der Waals surface area (Å²) in [6.07, 6.45) is 8.00. The summed E-state index contributed by atoms with van der Waals surface area (Å²) in [5.74, 6) is 0. The van der Waals surface area contributed by atoms with E-state index in [1.165, 1.54) is 5.56 Å². The van der Waals surface area contributed by atoms with Gasteiger partial charge in [0.25, 0.3) is 0 Å². The van der Waals surface area contributed by atoms with Gasteiger partial charge >= 0.3 is 6.09 Å². The van der Waals surface area contributed by atoms with E-state index in [4.69, 9.17) is 4.74 Å². The highest BCUT2D eigenvalue weighted by atomic mass is 16.5. The van der Waals surface area contributed by atoms with Crippen molar-refractivity contribution < 1.29 is 19.1 Å². The van der Waals surface area contributed by atoms with Gasteiger partial charge in [0.05, 0.1) is 12.3 Å². The molecule has 3 N–H and O–H groups in total. The zero-order valence-electron chi connectivity index (χ0n) is 18.8. The summed E-state index contributed by atoms with van der Waals surface area (Å²) in [4.78, 5) is 32.6. The fraction of sp³-hybridized carbons (Fsp3) is 0.280. The zero-order valence-corrected chi connectivity index (χ0v) is 18.8. The first-order chi connectivity index (χ1) is 16.2. The molecular formula is C25H30N4O4. The molecule has 0 aliphatic carbocycles. The quantitative estimate of drug-likeness (QED) is 0.177. The van der Waals surface area contributed by atoms with Gasteiger partial charge < -0.3 is 10.1 Å². The number of allylic oxidation sites excluding steroid dienone is 2. The van der Waals surface area contributed by atoms with Crippen LogP contribution < -0.4 is 16.1 Å². The lowest BCUT2D eigenvalue weighted by Gasteiger charge is -2.07. The van der Waals surface area contributed by atoms with Crippen LogP contribution >= 0.6 is 0 Å². The smallest absolute Gasteiger partial charge is 0.411 e. The zero-order chi connectivity index (χ0) is 23.7. The molecule has 174 valence electrons. The Hall–Kier alpha value is -3.94. The molecule has 8 heteroatoms. The summed E-state index contributed by atoms with van der Waals surface area (Å²) in [7, 11) is 0. The second-order valence-corrected chi connectivity index (χ2v) is 7.12. The van der Waals surface area contributed by atoms with Crippen molar-refractivity contribution in [2.45, 2.75) is 32.6 Å². The number of hydrogen-bond donors (Lipinski definition) is 3. The summed E-state index contributed by atoms with van der Waals surface area (Å²) in [6, 6.07) is 15.5. The number of carbonyl (C=O) groups excluding carboxylic acids is 3. The topological polar surface area (TPSA) is 109 Å². The minimum atomic E-state index is -0.486. The second kappa shape index (κ2) is 15.0. The third-order valence-corrected chi connectivity index (χ3v) is 4.69. The first-order valence-electron chi connectivity index (χ1n) is 10.9. The van der Waals surface area contributed by atoms with Crippen molar-refractivity contribution in [2.75, 3.05) is 18.5 Å². The molecule has 0 spiro atoms. The number of ether oxygens (including phenoxy) is 1. The molecule has 33 heavy (non-hydrogen) atoms. The first-order valence-corrected chi connectivity index (χ1v) is 10.9. The van der Waals surface area contributed by atoms with Crippen molar-refractivity contribution in [3.05, 3.63) is 77.4 Å². The highest BCUT2D eigenvalue weighted by Crippen LogP contribution is 2.13. The minimum absolute atomic E-state index is 0.311. The fourth-order valence-electron chi connectivity index (χ4n) is 3.12. The van der Waals surface area contributed by atoms with Gasteiger partial charge in [-0.15, -0.1) is 0 Å². The molecule has 2 aromatic carbocycles. The van der Waals surface area contributed by atoms with E-state index < -0.39 is 6.09 Å². The number of unbranched alkanes of at least 4 members (excludes halogenated alkanes) is 1. The average Bonchev–Trinajstić information content (AvgIpc) is 2.82. The first kappa shape index (κ1) is 25.3. The maximum Gasteiger partial charge on any atom is 0.411 e. The van der Waals surface area contributed by atoms with Crippen LogP contribution in [0.3, 0.4) is 0 Å². The number of aryl methyl sites for hydroxylation is 1. The molecule has 0 aliphatic rings. The Balaban J connectivity index is 1.99. The van der Waals surface area contributed by atoms with Gasteiger partial charge in [0.15, 0.2) is 0 Å². The average molecular weight is 451 g/mol. The van der Waals surface area contributed by atoms with Crippen LogP contribution in [0.4, 0.5) is 10.5 Å². The Morgan fingerprint density at radius 2 is 1.85 bits per heavy atom. The molecule has 3 amide bonds. The van der Waals surface area contributed by atoms with Crippen molar-refractivity contribution in [3.63, 3.8) is 0 Å². The molecule has 0 saturated carbocycles. The van der Waals surface area contributed by atoms with Crippen LogP contribution in [-0.4, -0.2) is 37.8 Å². The van der Waals surface area contributed by atoms with Crippen molar-refractivity contribution in [1.82, 2.24) is 10.7 Å². The predicted octanol–water partition coefficient (Wildman–Crippen LogP) is 3.57. The molecule has 0 heterocycles. The van der Waals surface area contributed by atoms with Crippen LogP contribution in [0.2, 0.25) is 0 Å². The molecule has 0 fully saturated rings. The SMILES string of the molecule is CCOC(=O)Nc1cccc(C/C=C\C(=N/NC=O)c2ccc(CCCCNC=O)cc2)c1. The summed E-state index contributed by atoms with van der Waals surface area (Å²) in [5.41, 5.74) is 6.73. The number of nitrogens with one attached hydrogen (secondary N) is 3. The van der Waals surface area contributed by atoms with Gasteiger partial charge in [-0.05, 0) is 61.9 Å². The monoisotopic (exact) mass is 450 g/mol. The third-order valence-electron chi connectivity index (χ3n) is 4.69. The largest absolute Gasteiger partial charge is 0.450 e. The molecule has 2 aromatic rings. The van der Waals surface area contributed by atoms with E-state index in [-0.39, 0.29) is 0 Å². The van der Waals surface area contributed by atoms with E-state index in [0.29, 0.717) is 43.8 Å². The van der Waals surface area contributed by atoms with E-state index in [2.05, 4.69) is 21.2 Å². The number of rotatable bonds is 14. The Morgan fingerprint density at radius 3 is 2.58 bits per heavy atom. The number of nitrogens with zero attached hydrogens (tertiary/aromatic N) is 1. The lowest BCUT2D eigenvalue weighted by atomic mass is 10.0. The molecule has 0 aliphatic heterocycles. The van der Waals surface area contributed by atoms with E-state index in [1.807, 2.05) is 54.6 Å². The van der Waals surface area contributed by atoms with Gasteiger partial charge in [0.1, 0.15) is 0 Å². The molecule has 0 saturated heterocycles. The normalized spacial score (nSPS) is 11.1. The van der Waals surface area contributed by atoms with Crippen molar-refractivity contribution in [3.8, 4) is 0 Å². The van der Waals surface area contributed by atoms with E-state index in [0.717, 1.165) is 30.4 Å². The molecular weight excluding hydrogens is 420 g/mol. The van der Waals surface area contributed by atoms with Crippen LogP contribution in [0.15, 0.2) is 65.8 Å². The number of hydrazone groups is 1. The number of hydrogen-bond acceptors (Lipinski definition) is 5. The van der Waals surface area contributed by atoms with Gasteiger partial charge in [-0.3, -0.25) is 14.9 Å². The Labute approximate surface area is 194 Å². The maximum atomic E-state index is 11.6. The Bertz CT molecular complexity index is 955. The van der Waals surface area contributed by atoms with E-state index >= 15 is 0 Å². The van der Waals surface area contributed by atoms with Gasteiger partial charge in [0, 0.05) is 17.8 Å². The summed E-state index contributed by atoms with van der Waals surface area (Å²) in [6.45, 7) is 2.75. The molecule has 0 atom stereocenters. The molecule has 0 radical (unpaired) electrons.